The van der Waals surface area contributed by atoms with Gasteiger partial charge in [-0.15, -0.1) is 0 Å². The van der Waals surface area contributed by atoms with Crippen LogP contribution in [0.2, 0.25) is 0 Å². The van der Waals surface area contributed by atoms with E-state index in [1.54, 1.807) is 10.7 Å². The molecule has 0 fully saturated rings. The molecule has 2 aromatic heterocycles. The van der Waals surface area contributed by atoms with Gasteiger partial charge in [0.1, 0.15) is 5.69 Å². The number of carbonyl (C=O) groups is 1. The van der Waals surface area contributed by atoms with Crippen molar-refractivity contribution in [2.24, 2.45) is 0 Å². The van der Waals surface area contributed by atoms with Crippen LogP contribution in [-0.4, -0.2) is 25.9 Å². The van der Waals surface area contributed by atoms with E-state index < -0.39 is 0 Å². The van der Waals surface area contributed by atoms with Crippen molar-refractivity contribution in [1.82, 2.24) is 20.0 Å². The summed E-state index contributed by atoms with van der Waals surface area (Å²) in [6, 6.07) is 1.78. The minimum atomic E-state index is -0.162. The second kappa shape index (κ2) is 4.64. The molecule has 0 aliphatic heterocycles. The summed E-state index contributed by atoms with van der Waals surface area (Å²) in [5, 5.41) is 14.0. The van der Waals surface area contributed by atoms with Crippen LogP contribution in [0, 0.1) is 20.8 Å². The van der Waals surface area contributed by atoms with E-state index in [9.17, 15) is 4.79 Å². The van der Waals surface area contributed by atoms with Crippen molar-refractivity contribution in [3.8, 4) is 0 Å². The molecule has 2 rings (SSSR count). The van der Waals surface area contributed by atoms with Gasteiger partial charge in [0, 0.05) is 6.54 Å². The molecule has 0 atom stereocenters. The standard InChI is InChI=1S/C12H17N5O/c1-5-17-10(6-7(2)16-17)12(18)13-11-8(3)14-15-9(11)4/h6H,5H2,1-4H3,(H,13,18)(H,14,15). The molecule has 2 heterocycles. The maximum Gasteiger partial charge on any atom is 0.274 e. The Kier molecular flexibility index (Phi) is 3.18. The van der Waals surface area contributed by atoms with Gasteiger partial charge in [0.2, 0.25) is 0 Å². The highest BCUT2D eigenvalue weighted by atomic mass is 16.2. The number of nitrogens with zero attached hydrogens (tertiary/aromatic N) is 3. The molecule has 0 saturated carbocycles. The molecule has 0 aromatic carbocycles. The second-order valence-electron chi connectivity index (χ2n) is 4.25. The summed E-state index contributed by atoms with van der Waals surface area (Å²) in [6.45, 7) is 8.22. The summed E-state index contributed by atoms with van der Waals surface area (Å²) in [6.07, 6.45) is 0. The smallest absolute Gasteiger partial charge is 0.274 e. The molecular weight excluding hydrogens is 230 g/mol. The van der Waals surface area contributed by atoms with Crippen molar-refractivity contribution in [3.63, 3.8) is 0 Å². The quantitative estimate of drug-likeness (QED) is 0.868. The van der Waals surface area contributed by atoms with Gasteiger partial charge in [-0.2, -0.15) is 10.2 Å². The van der Waals surface area contributed by atoms with Gasteiger partial charge in [-0.05, 0) is 33.8 Å². The average molecular weight is 247 g/mol. The van der Waals surface area contributed by atoms with Gasteiger partial charge >= 0.3 is 0 Å². The fourth-order valence-corrected chi connectivity index (χ4v) is 1.88. The third-order valence-corrected chi connectivity index (χ3v) is 2.80. The largest absolute Gasteiger partial charge is 0.318 e. The van der Waals surface area contributed by atoms with E-state index in [2.05, 4.69) is 20.6 Å². The molecule has 0 aliphatic carbocycles. The van der Waals surface area contributed by atoms with Crippen molar-refractivity contribution in [2.75, 3.05) is 5.32 Å². The summed E-state index contributed by atoms with van der Waals surface area (Å²) in [5.74, 6) is -0.162. The SMILES string of the molecule is CCn1nc(C)cc1C(=O)Nc1c(C)n[nH]c1C. The first-order valence-electron chi connectivity index (χ1n) is 5.90. The number of carbonyl (C=O) groups excluding carboxylic acids is 1. The van der Waals surface area contributed by atoms with Crippen molar-refractivity contribution in [3.05, 3.63) is 28.8 Å². The molecule has 18 heavy (non-hydrogen) atoms. The van der Waals surface area contributed by atoms with Crippen LogP contribution in [0.4, 0.5) is 5.69 Å². The van der Waals surface area contributed by atoms with Gasteiger partial charge in [-0.1, -0.05) is 0 Å². The van der Waals surface area contributed by atoms with Gasteiger partial charge < -0.3 is 5.32 Å². The lowest BCUT2D eigenvalue weighted by molar-refractivity contribution is 0.101. The molecule has 6 heteroatoms. The van der Waals surface area contributed by atoms with Crippen LogP contribution in [0.5, 0.6) is 0 Å². The fraction of sp³-hybridized carbons (Fsp3) is 0.417. The Morgan fingerprint density at radius 2 is 2.17 bits per heavy atom. The Morgan fingerprint density at radius 3 is 2.72 bits per heavy atom. The maximum absolute atomic E-state index is 12.2. The molecular formula is C12H17N5O. The van der Waals surface area contributed by atoms with Gasteiger partial charge in [0.25, 0.3) is 5.91 Å². The highest BCUT2D eigenvalue weighted by molar-refractivity contribution is 6.03. The summed E-state index contributed by atoms with van der Waals surface area (Å²) in [4.78, 5) is 12.2. The molecule has 0 aliphatic rings. The van der Waals surface area contributed by atoms with Gasteiger partial charge in [0.05, 0.1) is 22.8 Å². The summed E-state index contributed by atoms with van der Waals surface area (Å²) >= 11 is 0. The zero-order chi connectivity index (χ0) is 13.3. The van der Waals surface area contributed by atoms with Crippen LogP contribution in [0.25, 0.3) is 0 Å². The minimum absolute atomic E-state index is 0.162. The van der Waals surface area contributed by atoms with Crippen LogP contribution < -0.4 is 5.32 Å². The number of aromatic nitrogens is 4. The Balaban J connectivity index is 2.27. The van der Waals surface area contributed by atoms with E-state index >= 15 is 0 Å². The third kappa shape index (κ3) is 2.13. The Labute approximate surface area is 105 Å². The van der Waals surface area contributed by atoms with Gasteiger partial charge in [-0.25, -0.2) is 0 Å². The number of rotatable bonds is 3. The number of aryl methyl sites for hydroxylation is 4. The highest BCUT2D eigenvalue weighted by Gasteiger charge is 2.16. The van der Waals surface area contributed by atoms with E-state index in [1.807, 2.05) is 27.7 Å². The Morgan fingerprint density at radius 1 is 1.44 bits per heavy atom. The molecule has 0 radical (unpaired) electrons. The Bertz CT molecular complexity index is 562. The van der Waals surface area contributed by atoms with E-state index in [0.717, 1.165) is 22.8 Å². The van der Waals surface area contributed by atoms with Crippen LogP contribution in [0.1, 0.15) is 34.5 Å². The van der Waals surface area contributed by atoms with E-state index in [0.29, 0.717) is 12.2 Å². The van der Waals surface area contributed by atoms with Crippen molar-refractivity contribution in [2.45, 2.75) is 34.2 Å². The highest BCUT2D eigenvalue weighted by Crippen LogP contribution is 2.17. The summed E-state index contributed by atoms with van der Waals surface area (Å²) in [5.41, 5.74) is 3.76. The molecule has 6 nitrogen and oxygen atoms in total. The number of H-pyrrole nitrogens is 1. The zero-order valence-corrected chi connectivity index (χ0v) is 11.0. The molecule has 0 unspecified atom stereocenters. The minimum Gasteiger partial charge on any atom is -0.318 e. The van der Waals surface area contributed by atoms with Gasteiger partial charge in [0.15, 0.2) is 0 Å². The van der Waals surface area contributed by atoms with Crippen LogP contribution in [-0.2, 0) is 6.54 Å². The fourth-order valence-electron chi connectivity index (χ4n) is 1.88. The first-order chi connectivity index (χ1) is 8.52. The first-order valence-corrected chi connectivity index (χ1v) is 5.90. The maximum atomic E-state index is 12.2. The molecule has 96 valence electrons. The molecule has 2 aromatic rings. The number of anilines is 1. The van der Waals surface area contributed by atoms with E-state index in [1.165, 1.54) is 0 Å². The number of nitrogens with one attached hydrogen (secondary N) is 2. The van der Waals surface area contributed by atoms with Crippen molar-refractivity contribution < 1.29 is 4.79 Å². The lowest BCUT2D eigenvalue weighted by atomic mass is 10.3. The normalized spacial score (nSPS) is 10.7. The number of amides is 1. The topological polar surface area (TPSA) is 75.6 Å². The number of hydrogen-bond donors (Lipinski definition) is 2. The second-order valence-corrected chi connectivity index (χ2v) is 4.25. The molecule has 0 bridgehead atoms. The van der Waals surface area contributed by atoms with E-state index in [4.69, 9.17) is 0 Å². The number of aromatic amines is 1. The predicted octanol–water partition coefficient (Wildman–Crippen LogP) is 1.80. The van der Waals surface area contributed by atoms with Gasteiger partial charge in [-0.3, -0.25) is 14.6 Å². The molecule has 2 N–H and O–H groups in total. The van der Waals surface area contributed by atoms with Crippen molar-refractivity contribution >= 4 is 11.6 Å². The third-order valence-electron chi connectivity index (χ3n) is 2.80. The average Bonchev–Trinajstić information content (AvgIpc) is 2.86. The first kappa shape index (κ1) is 12.3. The van der Waals surface area contributed by atoms with Crippen LogP contribution in [0.15, 0.2) is 6.07 Å². The van der Waals surface area contributed by atoms with E-state index in [-0.39, 0.29) is 5.91 Å². The monoisotopic (exact) mass is 247 g/mol. The predicted molar refractivity (Wildman–Crippen MR) is 68.7 cm³/mol. The summed E-state index contributed by atoms with van der Waals surface area (Å²) in [7, 11) is 0. The lowest BCUT2D eigenvalue weighted by Crippen LogP contribution is -2.18. The molecule has 0 saturated heterocycles. The Hall–Kier alpha value is -2.11. The number of hydrogen-bond acceptors (Lipinski definition) is 3. The van der Waals surface area contributed by atoms with Crippen LogP contribution >= 0.6 is 0 Å². The molecule has 1 amide bonds. The zero-order valence-electron chi connectivity index (χ0n) is 11.0. The lowest BCUT2D eigenvalue weighted by Gasteiger charge is -2.06. The molecule has 0 spiro atoms. The summed E-state index contributed by atoms with van der Waals surface area (Å²) < 4.78 is 1.69. The van der Waals surface area contributed by atoms with Crippen LogP contribution in [0.3, 0.4) is 0 Å². The van der Waals surface area contributed by atoms with Crippen molar-refractivity contribution in [1.29, 1.82) is 0 Å².